The van der Waals surface area contributed by atoms with Crippen LogP contribution in [0.25, 0.3) is 0 Å². The summed E-state index contributed by atoms with van der Waals surface area (Å²) in [4.78, 5) is 0. The van der Waals surface area contributed by atoms with E-state index in [1.165, 1.54) is 92.9 Å². The van der Waals surface area contributed by atoms with Gasteiger partial charge in [-0.05, 0) is 119 Å². The summed E-state index contributed by atoms with van der Waals surface area (Å²) in [5.41, 5.74) is 7.75. The van der Waals surface area contributed by atoms with Crippen molar-refractivity contribution in [3.05, 3.63) is 58.2 Å². The molecule has 1 saturated heterocycles. The van der Waals surface area contributed by atoms with Crippen molar-refractivity contribution in [1.82, 2.24) is 0 Å². The maximum absolute atomic E-state index is 5.68. The highest BCUT2D eigenvalue weighted by molar-refractivity contribution is 5.09. The smallest absolute Gasteiger partial charge is 0.0892 e. The van der Waals surface area contributed by atoms with Crippen molar-refractivity contribution in [2.45, 2.75) is 138 Å². The molecule has 32 heavy (non-hydrogen) atoms. The molecule has 0 amide bonds. The SMILES string of the molecule is CC/C(=C\CC/C=C(\C)CC/C=C(\C)CC[C@H]1OC1(C)C)CC/C=C(\C)CCC=C(C)C. The van der Waals surface area contributed by atoms with E-state index in [1.54, 1.807) is 5.57 Å². The Bertz CT molecular complexity index is 692. The lowest BCUT2D eigenvalue weighted by Gasteiger charge is -2.05. The van der Waals surface area contributed by atoms with Gasteiger partial charge in [-0.25, -0.2) is 0 Å². The Kier molecular flexibility index (Phi) is 13.9. The number of hydrogen-bond donors (Lipinski definition) is 0. The average molecular weight is 441 g/mol. The van der Waals surface area contributed by atoms with Crippen molar-refractivity contribution in [2.75, 3.05) is 0 Å². The first-order chi connectivity index (χ1) is 15.1. The Hall–Kier alpha value is -1.34. The van der Waals surface area contributed by atoms with Crippen LogP contribution in [0.5, 0.6) is 0 Å². The fourth-order valence-electron chi connectivity index (χ4n) is 4.08. The maximum Gasteiger partial charge on any atom is 0.0892 e. The molecule has 1 heterocycles. The zero-order valence-electron chi connectivity index (χ0n) is 22.7. The second kappa shape index (κ2) is 15.5. The molecule has 0 unspecified atom stereocenters. The van der Waals surface area contributed by atoms with Gasteiger partial charge >= 0.3 is 0 Å². The van der Waals surface area contributed by atoms with E-state index in [0.29, 0.717) is 6.10 Å². The molecule has 0 aliphatic carbocycles. The highest BCUT2D eigenvalue weighted by Crippen LogP contribution is 2.38. The first-order valence-electron chi connectivity index (χ1n) is 13.1. The van der Waals surface area contributed by atoms with Crippen LogP contribution < -0.4 is 0 Å². The van der Waals surface area contributed by atoms with E-state index in [2.05, 4.69) is 85.8 Å². The van der Waals surface area contributed by atoms with Gasteiger partial charge in [0.2, 0.25) is 0 Å². The number of rotatable bonds is 16. The van der Waals surface area contributed by atoms with Gasteiger partial charge in [0, 0.05) is 0 Å². The van der Waals surface area contributed by atoms with Gasteiger partial charge in [0.15, 0.2) is 0 Å². The topological polar surface area (TPSA) is 12.5 Å². The van der Waals surface area contributed by atoms with Crippen molar-refractivity contribution in [2.24, 2.45) is 0 Å². The summed E-state index contributed by atoms with van der Waals surface area (Å²) in [6.45, 7) is 17.9. The molecule has 1 atom stereocenters. The lowest BCUT2D eigenvalue weighted by Crippen LogP contribution is -2.02. The standard InChI is InChI=1S/C31H52O/c1-9-29(22-14-20-27(5)17-12-15-25(2)3)21-11-10-16-26(4)18-13-19-28(6)23-24-30-31(7,8)32-30/h15-16,19-21,30H,9-14,17-18,22-24H2,1-8H3/b26-16+,27-20+,28-19+,29-21+/t30-/m1/s1. The van der Waals surface area contributed by atoms with Crippen molar-refractivity contribution in [1.29, 1.82) is 0 Å². The molecule has 0 N–H and O–H groups in total. The number of ether oxygens (including phenoxy) is 1. The molecule has 1 aliphatic rings. The predicted molar refractivity (Wildman–Crippen MR) is 144 cm³/mol. The second-order valence-corrected chi connectivity index (χ2v) is 10.6. The molecule has 1 nitrogen and oxygen atoms in total. The van der Waals surface area contributed by atoms with Crippen LogP contribution in [-0.2, 0) is 4.74 Å². The lowest BCUT2D eigenvalue weighted by molar-refractivity contribution is 0.320. The molecule has 1 heteroatoms. The minimum Gasteiger partial charge on any atom is -0.367 e. The summed E-state index contributed by atoms with van der Waals surface area (Å²) < 4.78 is 5.68. The quantitative estimate of drug-likeness (QED) is 0.132. The fraction of sp³-hybridized carbons (Fsp3) is 0.677. The molecule has 0 saturated carbocycles. The average Bonchev–Trinajstić information content (AvgIpc) is 3.34. The minimum atomic E-state index is 0.132. The van der Waals surface area contributed by atoms with Crippen LogP contribution in [0.1, 0.15) is 126 Å². The van der Waals surface area contributed by atoms with Gasteiger partial charge in [-0.1, -0.05) is 65.2 Å². The molecule has 0 aromatic rings. The molecule has 1 aliphatic heterocycles. The second-order valence-electron chi connectivity index (χ2n) is 10.6. The van der Waals surface area contributed by atoms with E-state index < -0.39 is 0 Å². The van der Waals surface area contributed by atoms with Crippen molar-refractivity contribution >= 4 is 0 Å². The Morgan fingerprint density at radius 2 is 1.12 bits per heavy atom. The minimum absolute atomic E-state index is 0.132. The number of unbranched alkanes of at least 4 members (excludes halogenated alkanes) is 1. The monoisotopic (exact) mass is 440 g/mol. The summed E-state index contributed by atoms with van der Waals surface area (Å²) in [7, 11) is 0. The van der Waals surface area contributed by atoms with Gasteiger partial charge in [-0.15, -0.1) is 0 Å². The highest BCUT2D eigenvalue weighted by atomic mass is 16.6. The van der Waals surface area contributed by atoms with Crippen LogP contribution in [0.3, 0.4) is 0 Å². The predicted octanol–water partition coefficient (Wildman–Crippen LogP) is 10.2. The van der Waals surface area contributed by atoms with Crippen LogP contribution in [0, 0.1) is 0 Å². The lowest BCUT2D eigenvalue weighted by atomic mass is 10.0. The Morgan fingerprint density at radius 3 is 1.66 bits per heavy atom. The van der Waals surface area contributed by atoms with Gasteiger partial charge in [-0.3, -0.25) is 0 Å². The zero-order valence-corrected chi connectivity index (χ0v) is 22.7. The Labute approximate surface area is 200 Å². The van der Waals surface area contributed by atoms with E-state index in [1.807, 2.05) is 0 Å². The summed E-state index contributed by atoms with van der Waals surface area (Å²) in [5, 5.41) is 0. The van der Waals surface area contributed by atoms with Crippen molar-refractivity contribution in [3.63, 3.8) is 0 Å². The van der Waals surface area contributed by atoms with Crippen LogP contribution in [-0.4, -0.2) is 11.7 Å². The molecule has 0 aromatic carbocycles. The van der Waals surface area contributed by atoms with E-state index in [0.717, 1.165) is 0 Å². The normalized spacial score (nSPS) is 19.3. The molecule has 0 radical (unpaired) electrons. The Morgan fingerprint density at radius 1 is 0.656 bits per heavy atom. The molecule has 182 valence electrons. The van der Waals surface area contributed by atoms with E-state index in [9.17, 15) is 0 Å². The number of epoxide rings is 1. The largest absolute Gasteiger partial charge is 0.367 e. The highest BCUT2D eigenvalue weighted by Gasteiger charge is 2.46. The van der Waals surface area contributed by atoms with E-state index in [4.69, 9.17) is 4.74 Å². The molecular formula is C31H52O. The van der Waals surface area contributed by atoms with Crippen molar-refractivity contribution < 1.29 is 4.74 Å². The Balaban J connectivity index is 2.23. The molecule has 0 spiro atoms. The number of hydrogen-bond acceptors (Lipinski definition) is 1. The summed E-state index contributed by atoms with van der Waals surface area (Å²) in [5.74, 6) is 0. The van der Waals surface area contributed by atoms with Gasteiger partial charge in [0.25, 0.3) is 0 Å². The summed E-state index contributed by atoms with van der Waals surface area (Å²) in [6, 6.07) is 0. The molecule has 1 fully saturated rings. The first kappa shape index (κ1) is 28.7. The molecule has 1 rings (SSSR count). The number of allylic oxidation sites excluding steroid dienone is 10. The molecule has 0 bridgehead atoms. The van der Waals surface area contributed by atoms with Gasteiger partial charge in [0.05, 0.1) is 11.7 Å². The van der Waals surface area contributed by atoms with Gasteiger partial charge < -0.3 is 4.74 Å². The third-order valence-electron chi connectivity index (χ3n) is 6.59. The van der Waals surface area contributed by atoms with Crippen LogP contribution >= 0.6 is 0 Å². The van der Waals surface area contributed by atoms with Crippen LogP contribution in [0.15, 0.2) is 58.2 Å². The first-order valence-corrected chi connectivity index (χ1v) is 13.1. The van der Waals surface area contributed by atoms with Crippen LogP contribution in [0.2, 0.25) is 0 Å². The summed E-state index contributed by atoms with van der Waals surface area (Å²) >= 11 is 0. The maximum atomic E-state index is 5.68. The third-order valence-corrected chi connectivity index (χ3v) is 6.59. The molecule has 0 aromatic heterocycles. The van der Waals surface area contributed by atoms with Crippen molar-refractivity contribution in [3.8, 4) is 0 Å². The van der Waals surface area contributed by atoms with E-state index in [-0.39, 0.29) is 5.60 Å². The van der Waals surface area contributed by atoms with Gasteiger partial charge in [0.1, 0.15) is 0 Å². The fourth-order valence-corrected chi connectivity index (χ4v) is 4.08. The van der Waals surface area contributed by atoms with Crippen LogP contribution in [0.4, 0.5) is 0 Å². The van der Waals surface area contributed by atoms with E-state index >= 15 is 0 Å². The van der Waals surface area contributed by atoms with Gasteiger partial charge in [-0.2, -0.15) is 0 Å². The third kappa shape index (κ3) is 13.9. The zero-order chi connectivity index (χ0) is 24.0. The summed E-state index contributed by atoms with van der Waals surface area (Å²) in [6.07, 6.45) is 25.6. The molecular weight excluding hydrogens is 388 g/mol.